The zero-order chi connectivity index (χ0) is 16.2. The molecule has 1 amide bonds. The molecule has 1 saturated heterocycles. The molecule has 0 atom stereocenters. The van der Waals surface area contributed by atoms with Gasteiger partial charge in [-0.2, -0.15) is 0 Å². The summed E-state index contributed by atoms with van der Waals surface area (Å²) >= 11 is 1.43. The Morgan fingerprint density at radius 3 is 2.65 bits per heavy atom. The lowest BCUT2D eigenvalue weighted by molar-refractivity contribution is 0.103. The zero-order valence-electron chi connectivity index (χ0n) is 13.3. The molecule has 2 aromatic rings. The molecule has 6 heteroatoms. The molecule has 0 radical (unpaired) electrons. The van der Waals surface area contributed by atoms with Crippen LogP contribution in [0.4, 0.5) is 17.1 Å². The molecule has 3 N–H and O–H groups in total. The molecule has 3 rings (SSSR count). The van der Waals surface area contributed by atoms with Crippen molar-refractivity contribution in [1.29, 1.82) is 0 Å². The second kappa shape index (κ2) is 7.02. The number of nitrogens with one attached hydrogen (secondary N) is 1. The van der Waals surface area contributed by atoms with E-state index in [4.69, 9.17) is 5.73 Å². The van der Waals surface area contributed by atoms with Gasteiger partial charge in [0.2, 0.25) is 0 Å². The summed E-state index contributed by atoms with van der Waals surface area (Å²) < 4.78 is 0. The van der Waals surface area contributed by atoms with E-state index in [1.807, 2.05) is 35.7 Å². The summed E-state index contributed by atoms with van der Waals surface area (Å²) in [6, 6.07) is 9.44. The van der Waals surface area contributed by atoms with Crippen LogP contribution in [0.3, 0.4) is 0 Å². The van der Waals surface area contributed by atoms with Crippen molar-refractivity contribution in [1.82, 2.24) is 4.90 Å². The van der Waals surface area contributed by atoms with Gasteiger partial charge in [0.15, 0.2) is 0 Å². The molecule has 5 nitrogen and oxygen atoms in total. The molecule has 1 aliphatic rings. The fourth-order valence-corrected chi connectivity index (χ4v) is 3.44. The molecule has 1 aromatic carbocycles. The molecular formula is C17H22N4OS. The molecular weight excluding hydrogens is 308 g/mol. The minimum absolute atomic E-state index is 0.0938. The summed E-state index contributed by atoms with van der Waals surface area (Å²) in [5.74, 6) is -0.0938. The number of likely N-dealkylation sites (N-methyl/N-ethyl adjacent to an activating group) is 1. The lowest BCUT2D eigenvalue weighted by Crippen LogP contribution is -2.46. The van der Waals surface area contributed by atoms with Crippen molar-refractivity contribution in [2.45, 2.75) is 6.92 Å². The van der Waals surface area contributed by atoms with Gasteiger partial charge >= 0.3 is 0 Å². The van der Waals surface area contributed by atoms with E-state index in [9.17, 15) is 4.79 Å². The van der Waals surface area contributed by atoms with Gasteiger partial charge < -0.3 is 20.9 Å². The third-order valence-electron chi connectivity index (χ3n) is 4.19. The fraction of sp³-hybridized carbons (Fsp3) is 0.353. The van der Waals surface area contributed by atoms with Gasteiger partial charge in [0.1, 0.15) is 0 Å². The molecule has 1 aliphatic heterocycles. The molecule has 1 aromatic heterocycles. The second-order valence-electron chi connectivity index (χ2n) is 5.63. The van der Waals surface area contributed by atoms with Gasteiger partial charge in [0.25, 0.3) is 5.91 Å². The van der Waals surface area contributed by atoms with Gasteiger partial charge in [0, 0.05) is 31.9 Å². The first-order valence-electron chi connectivity index (χ1n) is 7.89. The first-order valence-corrected chi connectivity index (χ1v) is 8.77. The Kier molecular flexibility index (Phi) is 4.83. The number of carbonyl (C=O) groups excluding carboxylic acids is 1. The summed E-state index contributed by atoms with van der Waals surface area (Å²) in [6.45, 7) is 7.38. The van der Waals surface area contributed by atoms with Crippen LogP contribution in [0.1, 0.15) is 16.6 Å². The molecule has 0 spiro atoms. The van der Waals surface area contributed by atoms with Crippen LogP contribution in [0.5, 0.6) is 0 Å². The number of piperazine rings is 1. The SMILES string of the molecule is CCN1CCN(c2ccc(NC(=O)c3cccs3)cc2N)CC1. The summed E-state index contributed by atoms with van der Waals surface area (Å²) in [6.07, 6.45) is 0. The largest absolute Gasteiger partial charge is 0.397 e. The molecule has 0 unspecified atom stereocenters. The lowest BCUT2D eigenvalue weighted by atomic mass is 10.2. The second-order valence-corrected chi connectivity index (χ2v) is 6.57. The maximum atomic E-state index is 12.1. The lowest BCUT2D eigenvalue weighted by Gasteiger charge is -2.36. The van der Waals surface area contributed by atoms with E-state index in [0.29, 0.717) is 10.6 Å². The summed E-state index contributed by atoms with van der Waals surface area (Å²) in [5, 5.41) is 4.79. The molecule has 0 aliphatic carbocycles. The number of nitrogens with two attached hydrogens (primary N) is 1. The smallest absolute Gasteiger partial charge is 0.265 e. The van der Waals surface area contributed by atoms with Gasteiger partial charge in [-0.3, -0.25) is 4.79 Å². The first-order chi connectivity index (χ1) is 11.2. The third-order valence-corrected chi connectivity index (χ3v) is 5.06. The Hall–Kier alpha value is -2.05. The van der Waals surface area contributed by atoms with Crippen LogP contribution >= 0.6 is 11.3 Å². The fourth-order valence-electron chi connectivity index (χ4n) is 2.83. The highest BCUT2D eigenvalue weighted by molar-refractivity contribution is 7.12. The molecule has 2 heterocycles. The topological polar surface area (TPSA) is 61.6 Å². The zero-order valence-corrected chi connectivity index (χ0v) is 14.1. The van der Waals surface area contributed by atoms with Crippen LogP contribution < -0.4 is 16.0 Å². The third kappa shape index (κ3) is 3.65. The van der Waals surface area contributed by atoms with E-state index in [-0.39, 0.29) is 5.91 Å². The Morgan fingerprint density at radius 2 is 2.04 bits per heavy atom. The van der Waals surface area contributed by atoms with Crippen LogP contribution in [0, 0.1) is 0 Å². The predicted octanol–water partition coefficient (Wildman–Crippen LogP) is 2.72. The molecule has 1 fully saturated rings. The monoisotopic (exact) mass is 330 g/mol. The van der Waals surface area contributed by atoms with E-state index in [1.165, 1.54) is 11.3 Å². The Morgan fingerprint density at radius 1 is 1.26 bits per heavy atom. The predicted molar refractivity (Wildman–Crippen MR) is 97.5 cm³/mol. The van der Waals surface area contributed by atoms with Crippen LogP contribution in [0.2, 0.25) is 0 Å². The van der Waals surface area contributed by atoms with Gasteiger partial charge in [-0.1, -0.05) is 13.0 Å². The minimum Gasteiger partial charge on any atom is -0.397 e. The van der Waals surface area contributed by atoms with Gasteiger partial charge in [0.05, 0.1) is 16.3 Å². The van der Waals surface area contributed by atoms with E-state index >= 15 is 0 Å². The number of nitrogens with zero attached hydrogens (tertiary/aromatic N) is 2. The Labute approximate surface area is 140 Å². The summed E-state index contributed by atoms with van der Waals surface area (Å²) in [5.41, 5.74) is 8.70. The average molecular weight is 330 g/mol. The van der Waals surface area contributed by atoms with Crippen molar-refractivity contribution in [3.8, 4) is 0 Å². The minimum atomic E-state index is -0.0938. The average Bonchev–Trinajstić information content (AvgIpc) is 3.10. The van der Waals surface area contributed by atoms with Gasteiger partial charge in [-0.25, -0.2) is 0 Å². The van der Waals surface area contributed by atoms with E-state index in [1.54, 1.807) is 0 Å². The molecule has 0 saturated carbocycles. The Balaban J connectivity index is 1.67. The van der Waals surface area contributed by atoms with Crippen molar-refractivity contribution in [2.24, 2.45) is 0 Å². The number of benzene rings is 1. The van der Waals surface area contributed by atoms with Gasteiger partial charge in [-0.05, 0) is 36.2 Å². The number of hydrogen-bond acceptors (Lipinski definition) is 5. The number of hydrogen-bond donors (Lipinski definition) is 2. The van der Waals surface area contributed by atoms with E-state index in [0.717, 1.165) is 44.1 Å². The number of rotatable bonds is 4. The molecule has 0 bridgehead atoms. The normalized spacial score (nSPS) is 15.6. The maximum absolute atomic E-state index is 12.1. The Bertz CT molecular complexity index is 663. The molecule has 122 valence electrons. The van der Waals surface area contributed by atoms with Crippen molar-refractivity contribution in [3.05, 3.63) is 40.6 Å². The van der Waals surface area contributed by atoms with Crippen molar-refractivity contribution in [3.63, 3.8) is 0 Å². The van der Waals surface area contributed by atoms with Crippen molar-refractivity contribution < 1.29 is 4.79 Å². The van der Waals surface area contributed by atoms with Crippen LogP contribution in [-0.2, 0) is 0 Å². The van der Waals surface area contributed by atoms with Gasteiger partial charge in [-0.15, -0.1) is 11.3 Å². The van der Waals surface area contributed by atoms with Crippen LogP contribution in [0.25, 0.3) is 0 Å². The number of anilines is 3. The van der Waals surface area contributed by atoms with Crippen LogP contribution in [-0.4, -0.2) is 43.5 Å². The summed E-state index contributed by atoms with van der Waals surface area (Å²) in [4.78, 5) is 17.5. The van der Waals surface area contributed by atoms with E-state index in [2.05, 4.69) is 22.0 Å². The highest BCUT2D eigenvalue weighted by Gasteiger charge is 2.18. The number of amides is 1. The first kappa shape index (κ1) is 15.8. The maximum Gasteiger partial charge on any atom is 0.265 e. The van der Waals surface area contributed by atoms with Crippen LogP contribution in [0.15, 0.2) is 35.7 Å². The highest BCUT2D eigenvalue weighted by atomic mass is 32.1. The standard InChI is InChI=1S/C17H22N4OS/c1-2-20-7-9-21(10-8-20)15-6-5-13(12-14(15)18)19-17(22)16-4-3-11-23-16/h3-6,11-12H,2,7-10,18H2,1H3,(H,19,22). The number of thiophene rings is 1. The molecule has 23 heavy (non-hydrogen) atoms. The highest BCUT2D eigenvalue weighted by Crippen LogP contribution is 2.28. The van der Waals surface area contributed by atoms with Crippen molar-refractivity contribution in [2.75, 3.05) is 48.7 Å². The van der Waals surface area contributed by atoms with Crippen molar-refractivity contribution >= 4 is 34.3 Å². The number of nitrogen functional groups attached to an aromatic ring is 1. The number of carbonyl (C=O) groups is 1. The van der Waals surface area contributed by atoms with E-state index < -0.39 is 0 Å². The quantitative estimate of drug-likeness (QED) is 0.846. The summed E-state index contributed by atoms with van der Waals surface area (Å²) in [7, 11) is 0.